The van der Waals surface area contributed by atoms with E-state index in [1.165, 1.54) is 0 Å². The van der Waals surface area contributed by atoms with E-state index in [4.69, 9.17) is 10.2 Å². The zero-order chi connectivity index (χ0) is 37.3. The molecule has 1 aliphatic rings. The van der Waals surface area contributed by atoms with Crippen molar-refractivity contribution in [1.29, 1.82) is 0 Å². The van der Waals surface area contributed by atoms with Crippen LogP contribution in [0.25, 0.3) is 39.6 Å². The molecule has 7 aromatic carbocycles. The molecule has 10 rings (SSSR count). The quantitative estimate of drug-likeness (QED) is 0.148. The lowest BCUT2D eigenvalue weighted by molar-refractivity contribution is 0.736. The molecular weight excluding hydrogens is 689 g/mol. The first-order chi connectivity index (χ1) is 27.7. The Labute approximate surface area is 324 Å². The van der Waals surface area contributed by atoms with Gasteiger partial charge in [0.1, 0.15) is 16.7 Å². The number of anilines is 6. The third kappa shape index (κ3) is 6.39. The van der Waals surface area contributed by atoms with Crippen LogP contribution in [0.4, 0.5) is 34.1 Å². The Morgan fingerprint density at radius 1 is 0.375 bits per heavy atom. The predicted molar refractivity (Wildman–Crippen MR) is 226 cm³/mol. The van der Waals surface area contributed by atoms with Gasteiger partial charge in [-0.25, -0.2) is 0 Å². The lowest BCUT2D eigenvalue weighted by Crippen LogP contribution is -2.10. The van der Waals surface area contributed by atoms with Gasteiger partial charge >= 0.3 is 0 Å². The molecule has 2 heterocycles. The zero-order valence-corrected chi connectivity index (χ0v) is 30.5. The molecule has 1 aliphatic carbocycles. The van der Waals surface area contributed by atoms with E-state index in [1.54, 1.807) is 9.59 Å². The Kier molecular flexibility index (Phi) is 8.46. The number of nitrogens with zero attached hydrogens (tertiary/aromatic N) is 8. The number of fused-ring (bicyclic) bond motifs is 2. The Bertz CT molecular complexity index is 2740. The Morgan fingerprint density at radius 2 is 0.768 bits per heavy atom. The van der Waals surface area contributed by atoms with Gasteiger partial charge < -0.3 is 9.80 Å². The van der Waals surface area contributed by atoms with E-state index >= 15 is 0 Å². The number of para-hydroxylation sites is 2. The van der Waals surface area contributed by atoms with Crippen LogP contribution in [0, 0.1) is 0 Å². The van der Waals surface area contributed by atoms with Gasteiger partial charge in [0, 0.05) is 34.1 Å². The minimum atomic E-state index is 0.871. The molecule has 0 amide bonds. The summed E-state index contributed by atoms with van der Waals surface area (Å²) in [6.07, 6.45) is 6.16. The summed E-state index contributed by atoms with van der Waals surface area (Å²) >= 11 is 0. The summed E-state index contributed by atoms with van der Waals surface area (Å²) in [6.45, 7) is 0. The molecule has 0 spiro atoms. The first kappa shape index (κ1) is 33.0. The predicted octanol–water partition coefficient (Wildman–Crippen LogP) is 11.6. The molecule has 56 heavy (non-hydrogen) atoms. The maximum atomic E-state index is 4.75. The van der Waals surface area contributed by atoms with E-state index in [1.807, 2.05) is 36.4 Å². The van der Waals surface area contributed by atoms with Crippen molar-refractivity contribution in [3.8, 4) is 22.5 Å². The van der Waals surface area contributed by atoms with Gasteiger partial charge in [-0.05, 0) is 139 Å². The maximum absolute atomic E-state index is 4.75. The molecule has 0 fully saturated rings. The molecule has 0 saturated heterocycles. The molecule has 2 aromatic heterocycles. The topological polar surface area (TPSA) is 67.9 Å². The van der Waals surface area contributed by atoms with Crippen LogP contribution < -0.4 is 9.80 Å². The van der Waals surface area contributed by atoms with Crippen LogP contribution in [0.1, 0.15) is 17.8 Å². The number of aromatic nitrogens is 6. The first-order valence-electron chi connectivity index (χ1n) is 18.8. The Hall–Kier alpha value is -7.58. The second-order valence-corrected chi connectivity index (χ2v) is 13.7. The van der Waals surface area contributed by atoms with Gasteiger partial charge in [0.15, 0.2) is 0 Å². The van der Waals surface area contributed by atoms with Crippen LogP contribution in [0.3, 0.4) is 0 Å². The standard InChI is InChI=1S/C48H36N8/c1-3-11-37(12-4-1)53(41-27-31-43(32-28-41)55-49-45-15-7-8-16-46(45)50-55)39-23-19-35(20-24-39)36-21-25-40(26-22-36)54(38-13-5-2-6-14-38)42-29-33-44(34-30-42)56-51-47-17-9-10-18-48(47)52-56/h1-9,11-17,19-34H,10,18H2. The van der Waals surface area contributed by atoms with Crippen molar-refractivity contribution in [2.24, 2.45) is 0 Å². The van der Waals surface area contributed by atoms with E-state index < -0.39 is 0 Å². The van der Waals surface area contributed by atoms with Gasteiger partial charge in [0.05, 0.1) is 17.1 Å². The number of hydrogen-bond acceptors (Lipinski definition) is 6. The van der Waals surface area contributed by atoms with Gasteiger partial charge in [-0.2, -0.15) is 14.7 Å². The van der Waals surface area contributed by atoms with Gasteiger partial charge in [-0.3, -0.25) is 0 Å². The van der Waals surface area contributed by atoms with E-state index in [2.05, 4.69) is 178 Å². The maximum Gasteiger partial charge on any atom is 0.113 e. The third-order valence-corrected chi connectivity index (χ3v) is 10.1. The van der Waals surface area contributed by atoms with Crippen LogP contribution in [-0.2, 0) is 6.42 Å². The van der Waals surface area contributed by atoms with Crippen molar-refractivity contribution < 1.29 is 0 Å². The lowest BCUT2D eigenvalue weighted by Gasteiger charge is -2.26. The van der Waals surface area contributed by atoms with Crippen molar-refractivity contribution in [3.05, 3.63) is 199 Å². The Morgan fingerprint density at radius 3 is 1.21 bits per heavy atom. The van der Waals surface area contributed by atoms with E-state index in [9.17, 15) is 0 Å². The fourth-order valence-corrected chi connectivity index (χ4v) is 7.29. The minimum Gasteiger partial charge on any atom is -0.311 e. The van der Waals surface area contributed by atoms with Crippen molar-refractivity contribution in [1.82, 2.24) is 30.0 Å². The molecule has 0 saturated carbocycles. The van der Waals surface area contributed by atoms with E-state index in [-0.39, 0.29) is 0 Å². The fourth-order valence-electron chi connectivity index (χ4n) is 7.29. The summed E-state index contributed by atoms with van der Waals surface area (Å²) in [7, 11) is 0. The van der Waals surface area contributed by atoms with Gasteiger partial charge in [0.2, 0.25) is 0 Å². The van der Waals surface area contributed by atoms with Gasteiger partial charge in [0.25, 0.3) is 0 Å². The molecule has 0 bridgehead atoms. The largest absolute Gasteiger partial charge is 0.311 e. The molecule has 0 aliphatic heterocycles. The number of rotatable bonds is 9. The number of allylic oxidation sites excluding steroid dienone is 1. The smallest absolute Gasteiger partial charge is 0.113 e. The second kappa shape index (κ2) is 14.3. The minimum absolute atomic E-state index is 0.871. The SMILES string of the molecule is C1=Cc2nn(-c3ccc(N(c4ccccc4)c4ccc(-c5ccc(N(c6ccccc6)c6ccc(-n7nc8ccccc8n7)cc6)cc5)cc4)cc3)nc2CC1. The summed E-state index contributed by atoms with van der Waals surface area (Å²) in [4.78, 5) is 7.97. The zero-order valence-electron chi connectivity index (χ0n) is 30.5. The highest BCUT2D eigenvalue weighted by Crippen LogP contribution is 2.38. The summed E-state index contributed by atoms with van der Waals surface area (Å²) < 4.78 is 0. The molecule has 8 nitrogen and oxygen atoms in total. The van der Waals surface area contributed by atoms with Crippen LogP contribution in [-0.4, -0.2) is 30.0 Å². The van der Waals surface area contributed by atoms with Crippen molar-refractivity contribution in [2.45, 2.75) is 12.8 Å². The average molecular weight is 725 g/mol. The van der Waals surface area contributed by atoms with Crippen molar-refractivity contribution in [2.75, 3.05) is 9.80 Å². The first-order valence-corrected chi connectivity index (χ1v) is 18.8. The highest BCUT2D eigenvalue weighted by Gasteiger charge is 2.17. The van der Waals surface area contributed by atoms with E-state index in [0.29, 0.717) is 0 Å². The van der Waals surface area contributed by atoms with Gasteiger partial charge in [-0.1, -0.05) is 78.9 Å². The molecule has 9 aromatic rings. The summed E-state index contributed by atoms with van der Waals surface area (Å²) in [6, 6.07) is 63.2. The number of hydrogen-bond donors (Lipinski definition) is 0. The Balaban J connectivity index is 0.921. The van der Waals surface area contributed by atoms with Crippen LogP contribution in [0.15, 0.2) is 188 Å². The van der Waals surface area contributed by atoms with Crippen LogP contribution in [0.5, 0.6) is 0 Å². The summed E-state index contributed by atoms with van der Waals surface area (Å²) in [5, 5.41) is 18.8. The van der Waals surface area contributed by atoms with Crippen LogP contribution in [0.2, 0.25) is 0 Å². The molecule has 268 valence electrons. The van der Waals surface area contributed by atoms with Crippen molar-refractivity contribution >= 4 is 51.2 Å². The normalized spacial score (nSPS) is 12.1. The molecule has 0 N–H and O–H groups in total. The summed E-state index contributed by atoms with van der Waals surface area (Å²) in [5.41, 5.74) is 14.3. The van der Waals surface area contributed by atoms with Crippen LogP contribution >= 0.6 is 0 Å². The highest BCUT2D eigenvalue weighted by atomic mass is 15.5. The molecule has 0 unspecified atom stereocenters. The van der Waals surface area contributed by atoms with E-state index in [0.717, 1.165) is 91.9 Å². The highest BCUT2D eigenvalue weighted by molar-refractivity contribution is 5.81. The average Bonchev–Trinajstić information content (AvgIpc) is 3.91. The summed E-state index contributed by atoms with van der Waals surface area (Å²) in [5.74, 6) is 0. The van der Waals surface area contributed by atoms with Crippen molar-refractivity contribution in [3.63, 3.8) is 0 Å². The molecule has 8 heteroatoms. The molecule has 0 radical (unpaired) electrons. The number of benzene rings is 7. The molecule has 0 atom stereocenters. The fraction of sp³-hybridized carbons (Fsp3) is 0.0417. The van der Waals surface area contributed by atoms with Gasteiger partial charge in [-0.15, -0.1) is 15.3 Å². The monoisotopic (exact) mass is 724 g/mol. The molecular formula is C48H36N8. The lowest BCUT2D eigenvalue weighted by atomic mass is 10.0. The number of aryl methyl sites for hydroxylation is 1. The third-order valence-electron chi connectivity index (χ3n) is 10.1. The second-order valence-electron chi connectivity index (χ2n) is 13.7.